The van der Waals surface area contributed by atoms with Gasteiger partial charge in [0.05, 0.1) is 29.3 Å². The Morgan fingerprint density at radius 1 is 0.815 bits per heavy atom. The molecule has 130 valence electrons. The van der Waals surface area contributed by atoms with Crippen molar-refractivity contribution in [2.45, 2.75) is 13.0 Å². The minimum atomic E-state index is -0.105. The predicted octanol–water partition coefficient (Wildman–Crippen LogP) is 3.91. The molecule has 0 aliphatic heterocycles. The van der Waals surface area contributed by atoms with Crippen LogP contribution in [0.2, 0.25) is 0 Å². The third-order valence-electron chi connectivity index (χ3n) is 4.57. The van der Waals surface area contributed by atoms with E-state index in [-0.39, 0.29) is 5.56 Å². The molecule has 0 unspecified atom stereocenters. The Morgan fingerprint density at radius 3 is 2.19 bits per heavy atom. The van der Waals surface area contributed by atoms with Gasteiger partial charge in [-0.05, 0) is 29.3 Å². The molecule has 0 bridgehead atoms. The minimum absolute atomic E-state index is 0.105. The number of nitrogens with zero attached hydrogens (tertiary/aromatic N) is 3. The van der Waals surface area contributed by atoms with E-state index in [1.165, 1.54) is 4.68 Å². The highest BCUT2D eigenvalue weighted by Gasteiger charge is 2.11. The topological polar surface area (TPSA) is 58.7 Å². The van der Waals surface area contributed by atoms with Gasteiger partial charge in [-0.15, -0.1) is 0 Å². The summed E-state index contributed by atoms with van der Waals surface area (Å²) in [5, 5.41) is 15.2. The molecule has 0 spiro atoms. The fourth-order valence-corrected chi connectivity index (χ4v) is 3.19. The van der Waals surface area contributed by atoms with Crippen molar-refractivity contribution in [2.24, 2.45) is 0 Å². The molecule has 4 nitrogen and oxygen atoms in total. The molecule has 0 saturated heterocycles. The zero-order valence-electron chi connectivity index (χ0n) is 14.7. The Hall–Kier alpha value is -3.71. The summed E-state index contributed by atoms with van der Waals surface area (Å²) >= 11 is 0. The average Bonchev–Trinajstić information content (AvgIpc) is 2.73. The number of rotatable bonds is 4. The first-order valence-electron chi connectivity index (χ1n) is 8.76. The van der Waals surface area contributed by atoms with Gasteiger partial charge in [0, 0.05) is 11.8 Å². The molecule has 3 aromatic carbocycles. The van der Waals surface area contributed by atoms with Gasteiger partial charge in [-0.3, -0.25) is 4.79 Å². The zero-order valence-corrected chi connectivity index (χ0v) is 14.7. The van der Waals surface area contributed by atoms with Crippen molar-refractivity contribution in [1.29, 1.82) is 5.26 Å². The number of nitriles is 1. The summed E-state index contributed by atoms with van der Waals surface area (Å²) in [6, 6.07) is 27.1. The van der Waals surface area contributed by atoms with Crippen molar-refractivity contribution in [3.05, 3.63) is 112 Å². The minimum Gasteiger partial charge on any atom is -0.267 e. The van der Waals surface area contributed by atoms with Crippen molar-refractivity contribution < 1.29 is 0 Å². The van der Waals surface area contributed by atoms with E-state index in [1.54, 1.807) is 12.1 Å². The van der Waals surface area contributed by atoms with Crippen LogP contribution in [-0.2, 0) is 13.0 Å². The highest BCUT2D eigenvalue weighted by molar-refractivity contribution is 5.83. The lowest BCUT2D eigenvalue weighted by atomic mass is 10.0. The van der Waals surface area contributed by atoms with E-state index in [1.807, 2.05) is 54.6 Å². The molecule has 1 heterocycles. The standard InChI is InChI=1S/C23H17N3O/c24-15-18-10-12-19(13-11-18)16-26-23(27)21-9-5-4-8-20(21)22(25-26)14-17-6-2-1-3-7-17/h1-13H,14,16H2. The molecule has 4 heteroatoms. The lowest BCUT2D eigenvalue weighted by Crippen LogP contribution is -2.25. The van der Waals surface area contributed by atoms with Crippen LogP contribution < -0.4 is 5.56 Å². The van der Waals surface area contributed by atoms with E-state index >= 15 is 0 Å². The van der Waals surface area contributed by atoms with Crippen molar-refractivity contribution in [3.8, 4) is 6.07 Å². The highest BCUT2D eigenvalue weighted by atomic mass is 16.1. The van der Waals surface area contributed by atoms with E-state index in [9.17, 15) is 4.79 Å². The monoisotopic (exact) mass is 351 g/mol. The molecular formula is C23H17N3O. The zero-order chi connectivity index (χ0) is 18.6. The second kappa shape index (κ2) is 7.27. The molecule has 4 aromatic rings. The molecule has 27 heavy (non-hydrogen) atoms. The maximum absolute atomic E-state index is 12.9. The summed E-state index contributed by atoms with van der Waals surface area (Å²) in [6.45, 7) is 0.372. The van der Waals surface area contributed by atoms with Gasteiger partial charge in [-0.1, -0.05) is 60.7 Å². The van der Waals surface area contributed by atoms with Crippen molar-refractivity contribution >= 4 is 10.8 Å². The molecule has 1 aromatic heterocycles. The van der Waals surface area contributed by atoms with E-state index in [0.29, 0.717) is 23.9 Å². The molecule has 0 atom stereocenters. The van der Waals surface area contributed by atoms with Gasteiger partial charge >= 0.3 is 0 Å². The SMILES string of the molecule is N#Cc1ccc(Cn2nc(Cc3ccccc3)c3ccccc3c2=O)cc1. The largest absolute Gasteiger partial charge is 0.274 e. The number of benzene rings is 3. The summed E-state index contributed by atoms with van der Waals surface area (Å²) in [4.78, 5) is 12.9. The fraction of sp³-hybridized carbons (Fsp3) is 0.0870. The molecular weight excluding hydrogens is 334 g/mol. The Balaban J connectivity index is 1.79. The van der Waals surface area contributed by atoms with Gasteiger partial charge < -0.3 is 0 Å². The van der Waals surface area contributed by atoms with Crippen LogP contribution in [0.15, 0.2) is 83.7 Å². The number of hydrogen-bond acceptors (Lipinski definition) is 3. The van der Waals surface area contributed by atoms with Gasteiger partial charge in [0.25, 0.3) is 5.56 Å². The molecule has 0 saturated carbocycles. The molecule has 4 rings (SSSR count). The lowest BCUT2D eigenvalue weighted by Gasteiger charge is -2.11. The number of hydrogen-bond donors (Lipinski definition) is 0. The van der Waals surface area contributed by atoms with Crippen LogP contribution in [0.3, 0.4) is 0 Å². The van der Waals surface area contributed by atoms with Crippen molar-refractivity contribution in [1.82, 2.24) is 9.78 Å². The van der Waals surface area contributed by atoms with E-state index in [2.05, 4.69) is 23.3 Å². The highest BCUT2D eigenvalue weighted by Crippen LogP contribution is 2.17. The van der Waals surface area contributed by atoms with Gasteiger partial charge in [0.15, 0.2) is 0 Å². The maximum atomic E-state index is 12.9. The Kier molecular flexibility index (Phi) is 4.51. The Labute approximate surface area is 156 Å². The molecule has 0 N–H and O–H groups in total. The first kappa shape index (κ1) is 16.7. The Morgan fingerprint density at radius 2 is 1.48 bits per heavy atom. The quantitative estimate of drug-likeness (QED) is 0.560. The van der Waals surface area contributed by atoms with Gasteiger partial charge in [-0.25, -0.2) is 4.68 Å². The van der Waals surface area contributed by atoms with Crippen molar-refractivity contribution in [2.75, 3.05) is 0 Å². The smallest absolute Gasteiger partial charge is 0.267 e. The van der Waals surface area contributed by atoms with Crippen molar-refractivity contribution in [3.63, 3.8) is 0 Å². The van der Waals surface area contributed by atoms with Gasteiger partial charge in [0.1, 0.15) is 0 Å². The van der Waals surface area contributed by atoms with Crippen LogP contribution >= 0.6 is 0 Å². The summed E-state index contributed by atoms with van der Waals surface area (Å²) in [7, 11) is 0. The third-order valence-corrected chi connectivity index (χ3v) is 4.57. The second-order valence-electron chi connectivity index (χ2n) is 6.43. The lowest BCUT2D eigenvalue weighted by molar-refractivity contribution is 0.633. The van der Waals surface area contributed by atoms with Crippen LogP contribution in [0, 0.1) is 11.3 Å². The number of aromatic nitrogens is 2. The molecule has 0 amide bonds. The van der Waals surface area contributed by atoms with Crippen LogP contribution in [0.1, 0.15) is 22.4 Å². The summed E-state index contributed by atoms with van der Waals surface area (Å²) < 4.78 is 1.52. The summed E-state index contributed by atoms with van der Waals surface area (Å²) in [5.74, 6) is 0. The molecule has 0 radical (unpaired) electrons. The molecule has 0 aliphatic rings. The van der Waals surface area contributed by atoms with E-state index < -0.39 is 0 Å². The fourth-order valence-electron chi connectivity index (χ4n) is 3.19. The maximum Gasteiger partial charge on any atom is 0.274 e. The summed E-state index contributed by atoms with van der Waals surface area (Å²) in [5.41, 5.74) is 3.46. The van der Waals surface area contributed by atoms with Crippen LogP contribution in [-0.4, -0.2) is 9.78 Å². The average molecular weight is 351 g/mol. The van der Waals surface area contributed by atoms with E-state index in [4.69, 9.17) is 5.26 Å². The van der Waals surface area contributed by atoms with Crippen LogP contribution in [0.25, 0.3) is 10.8 Å². The molecule has 0 fully saturated rings. The first-order chi connectivity index (χ1) is 13.2. The third kappa shape index (κ3) is 3.49. The van der Waals surface area contributed by atoms with Gasteiger partial charge in [-0.2, -0.15) is 10.4 Å². The van der Waals surface area contributed by atoms with Crippen LogP contribution in [0.4, 0.5) is 0 Å². The predicted molar refractivity (Wildman–Crippen MR) is 106 cm³/mol. The Bertz CT molecular complexity index is 1190. The second-order valence-corrected chi connectivity index (χ2v) is 6.43. The summed E-state index contributed by atoms with van der Waals surface area (Å²) in [6.07, 6.45) is 0.662. The number of fused-ring (bicyclic) bond motifs is 1. The first-order valence-corrected chi connectivity index (χ1v) is 8.76. The van der Waals surface area contributed by atoms with E-state index in [0.717, 1.165) is 22.2 Å². The van der Waals surface area contributed by atoms with Gasteiger partial charge in [0.2, 0.25) is 0 Å². The molecule has 0 aliphatic carbocycles. The normalized spacial score (nSPS) is 10.6. The van der Waals surface area contributed by atoms with Crippen LogP contribution in [0.5, 0.6) is 0 Å².